The standard InChI is InChI=1S/C24H26F4N4O3/c1-5-7-14(3)35-20-13-19(32-23(34)31(4)21(6-2)30-32)18(25)12-17(20)22(33)29-16-10-8-15(9-11-16)24(26,27)28/h8-14H,5-7H2,1-4H3,(H,29,33). The van der Waals surface area contributed by atoms with Crippen molar-refractivity contribution in [3.8, 4) is 11.4 Å². The Morgan fingerprint density at radius 3 is 2.37 bits per heavy atom. The fourth-order valence-electron chi connectivity index (χ4n) is 3.55. The fraction of sp³-hybridized carbons (Fsp3) is 0.375. The summed E-state index contributed by atoms with van der Waals surface area (Å²) in [4.78, 5) is 25.6. The molecule has 11 heteroatoms. The van der Waals surface area contributed by atoms with E-state index in [1.807, 2.05) is 6.92 Å². The van der Waals surface area contributed by atoms with Crippen LogP contribution in [0.2, 0.25) is 0 Å². The normalized spacial score (nSPS) is 12.5. The predicted octanol–water partition coefficient (Wildman–Crippen LogP) is 5.11. The molecule has 1 amide bonds. The number of halogens is 4. The Hall–Kier alpha value is -3.63. The first kappa shape index (κ1) is 26.0. The van der Waals surface area contributed by atoms with E-state index in [2.05, 4.69) is 10.4 Å². The largest absolute Gasteiger partial charge is 0.490 e. The van der Waals surface area contributed by atoms with Gasteiger partial charge in [0.2, 0.25) is 0 Å². The quantitative estimate of drug-likeness (QED) is 0.442. The number of carbonyl (C=O) groups excluding carboxylic acids is 1. The highest BCUT2D eigenvalue weighted by Gasteiger charge is 2.30. The van der Waals surface area contributed by atoms with Crippen molar-refractivity contribution < 1.29 is 27.1 Å². The highest BCUT2D eigenvalue weighted by Crippen LogP contribution is 2.31. The molecule has 3 aromatic rings. The van der Waals surface area contributed by atoms with Gasteiger partial charge in [-0.2, -0.15) is 17.9 Å². The SMILES string of the molecule is CCCC(C)Oc1cc(-n2nc(CC)n(C)c2=O)c(F)cc1C(=O)Nc1ccc(C(F)(F)F)cc1. The van der Waals surface area contributed by atoms with Crippen molar-refractivity contribution in [2.45, 2.75) is 52.3 Å². The van der Waals surface area contributed by atoms with Crippen LogP contribution in [0.3, 0.4) is 0 Å². The molecule has 0 spiro atoms. The van der Waals surface area contributed by atoms with E-state index in [4.69, 9.17) is 4.74 Å². The van der Waals surface area contributed by atoms with Crippen LogP contribution in [0, 0.1) is 5.82 Å². The Morgan fingerprint density at radius 1 is 1.17 bits per heavy atom. The smallest absolute Gasteiger partial charge is 0.416 e. The summed E-state index contributed by atoms with van der Waals surface area (Å²) in [6.45, 7) is 5.54. The second kappa shape index (κ2) is 10.3. The zero-order valence-corrected chi connectivity index (χ0v) is 19.7. The molecule has 0 bridgehead atoms. The van der Waals surface area contributed by atoms with E-state index in [-0.39, 0.29) is 28.8 Å². The number of aryl methyl sites for hydroxylation is 1. The van der Waals surface area contributed by atoms with Crippen LogP contribution in [0.5, 0.6) is 5.75 Å². The molecule has 2 aromatic carbocycles. The zero-order valence-electron chi connectivity index (χ0n) is 19.7. The Balaban J connectivity index is 2.02. The third-order valence-electron chi connectivity index (χ3n) is 5.40. The minimum atomic E-state index is -4.51. The maximum Gasteiger partial charge on any atom is 0.416 e. The minimum absolute atomic E-state index is 0.0161. The van der Waals surface area contributed by atoms with Crippen molar-refractivity contribution in [2.24, 2.45) is 7.05 Å². The van der Waals surface area contributed by atoms with Gasteiger partial charge in [-0.05, 0) is 43.7 Å². The highest BCUT2D eigenvalue weighted by atomic mass is 19.4. The number of ether oxygens (including phenoxy) is 1. The van der Waals surface area contributed by atoms with E-state index >= 15 is 4.39 Å². The summed E-state index contributed by atoms with van der Waals surface area (Å²) in [5.41, 5.74) is -1.69. The second-order valence-electron chi connectivity index (χ2n) is 8.07. The molecule has 1 unspecified atom stereocenters. The van der Waals surface area contributed by atoms with Gasteiger partial charge in [0.25, 0.3) is 5.91 Å². The molecule has 0 aliphatic rings. The van der Waals surface area contributed by atoms with Crippen LogP contribution in [0.4, 0.5) is 23.2 Å². The molecule has 0 aliphatic heterocycles. The molecule has 0 saturated carbocycles. The van der Waals surface area contributed by atoms with E-state index in [0.29, 0.717) is 18.7 Å². The maximum atomic E-state index is 15.1. The van der Waals surface area contributed by atoms with Crippen molar-refractivity contribution in [3.63, 3.8) is 0 Å². The topological polar surface area (TPSA) is 78.2 Å². The molecule has 7 nitrogen and oxygen atoms in total. The van der Waals surface area contributed by atoms with Gasteiger partial charge in [0.1, 0.15) is 23.1 Å². The van der Waals surface area contributed by atoms with Crippen molar-refractivity contribution >= 4 is 11.6 Å². The van der Waals surface area contributed by atoms with Gasteiger partial charge in [-0.3, -0.25) is 9.36 Å². The summed E-state index contributed by atoms with van der Waals surface area (Å²) in [5.74, 6) is -1.21. The summed E-state index contributed by atoms with van der Waals surface area (Å²) < 4.78 is 61.7. The predicted molar refractivity (Wildman–Crippen MR) is 123 cm³/mol. The molecule has 0 saturated heterocycles. The number of nitrogens with zero attached hydrogens (tertiary/aromatic N) is 3. The van der Waals surface area contributed by atoms with Crippen LogP contribution in [-0.2, 0) is 19.6 Å². The van der Waals surface area contributed by atoms with Gasteiger partial charge >= 0.3 is 11.9 Å². The lowest BCUT2D eigenvalue weighted by molar-refractivity contribution is -0.137. The van der Waals surface area contributed by atoms with Crippen molar-refractivity contribution in [1.29, 1.82) is 0 Å². The Kier molecular flexibility index (Phi) is 7.67. The maximum absolute atomic E-state index is 15.1. The van der Waals surface area contributed by atoms with Crippen molar-refractivity contribution in [3.05, 3.63) is 69.7 Å². The first-order valence-electron chi connectivity index (χ1n) is 11.1. The lowest BCUT2D eigenvalue weighted by Crippen LogP contribution is -2.24. The van der Waals surface area contributed by atoms with E-state index in [0.717, 1.165) is 41.4 Å². The van der Waals surface area contributed by atoms with Crippen LogP contribution in [0.1, 0.15) is 55.4 Å². The van der Waals surface area contributed by atoms with Crippen LogP contribution in [0.25, 0.3) is 5.69 Å². The average Bonchev–Trinajstić information content (AvgIpc) is 3.08. The number of amides is 1. The third-order valence-corrected chi connectivity index (χ3v) is 5.40. The van der Waals surface area contributed by atoms with Crippen LogP contribution >= 0.6 is 0 Å². The molecule has 0 fully saturated rings. The van der Waals surface area contributed by atoms with Gasteiger partial charge in [0, 0.05) is 25.2 Å². The van der Waals surface area contributed by atoms with Crippen LogP contribution in [-0.4, -0.2) is 26.4 Å². The Bertz CT molecular complexity index is 1260. The number of benzene rings is 2. The van der Waals surface area contributed by atoms with E-state index < -0.39 is 29.2 Å². The molecule has 1 heterocycles. The number of nitrogens with one attached hydrogen (secondary N) is 1. The molecule has 0 radical (unpaired) electrons. The number of aromatic nitrogens is 3. The van der Waals surface area contributed by atoms with E-state index in [1.165, 1.54) is 17.7 Å². The molecular weight excluding hydrogens is 468 g/mol. The molecule has 1 aromatic heterocycles. The monoisotopic (exact) mass is 494 g/mol. The molecule has 3 rings (SSSR count). The summed E-state index contributed by atoms with van der Waals surface area (Å²) in [5, 5.41) is 6.63. The average molecular weight is 494 g/mol. The lowest BCUT2D eigenvalue weighted by Gasteiger charge is -2.18. The van der Waals surface area contributed by atoms with Gasteiger partial charge in [-0.25, -0.2) is 9.18 Å². The zero-order chi connectivity index (χ0) is 25.9. The number of alkyl halides is 3. The Labute approximate surface area is 199 Å². The highest BCUT2D eigenvalue weighted by molar-refractivity contribution is 6.06. The third kappa shape index (κ3) is 5.72. The van der Waals surface area contributed by atoms with Crippen molar-refractivity contribution in [2.75, 3.05) is 5.32 Å². The summed E-state index contributed by atoms with van der Waals surface area (Å²) in [6, 6.07) is 6.03. The first-order valence-corrected chi connectivity index (χ1v) is 11.1. The van der Waals surface area contributed by atoms with Crippen LogP contribution in [0.15, 0.2) is 41.2 Å². The summed E-state index contributed by atoms with van der Waals surface area (Å²) in [6.07, 6.45) is -2.95. The van der Waals surface area contributed by atoms with Crippen molar-refractivity contribution in [1.82, 2.24) is 14.3 Å². The molecule has 1 N–H and O–H groups in total. The minimum Gasteiger partial charge on any atom is -0.490 e. The first-order chi connectivity index (χ1) is 16.5. The number of hydrogen-bond donors (Lipinski definition) is 1. The van der Waals surface area contributed by atoms with Crippen LogP contribution < -0.4 is 15.7 Å². The number of carbonyl (C=O) groups is 1. The lowest BCUT2D eigenvalue weighted by atomic mass is 10.1. The molecular formula is C24H26F4N4O3. The summed E-state index contributed by atoms with van der Waals surface area (Å²) in [7, 11) is 1.52. The number of anilines is 1. The van der Waals surface area contributed by atoms with Gasteiger partial charge in [-0.1, -0.05) is 20.3 Å². The van der Waals surface area contributed by atoms with Gasteiger partial charge in [0.05, 0.1) is 17.2 Å². The molecule has 35 heavy (non-hydrogen) atoms. The second-order valence-corrected chi connectivity index (χ2v) is 8.07. The fourth-order valence-corrected chi connectivity index (χ4v) is 3.55. The number of rotatable bonds is 8. The van der Waals surface area contributed by atoms with Gasteiger partial charge in [0.15, 0.2) is 0 Å². The molecule has 0 aliphatic carbocycles. The van der Waals surface area contributed by atoms with Gasteiger partial charge < -0.3 is 10.1 Å². The van der Waals surface area contributed by atoms with E-state index in [1.54, 1.807) is 13.8 Å². The Morgan fingerprint density at radius 2 is 1.83 bits per heavy atom. The molecule has 1 atom stereocenters. The summed E-state index contributed by atoms with van der Waals surface area (Å²) >= 11 is 0. The number of hydrogen-bond acceptors (Lipinski definition) is 4. The molecule has 188 valence electrons. The van der Waals surface area contributed by atoms with Gasteiger partial charge in [-0.15, -0.1) is 5.10 Å². The van der Waals surface area contributed by atoms with E-state index in [9.17, 15) is 22.8 Å².